The summed E-state index contributed by atoms with van der Waals surface area (Å²) in [4.78, 5) is 30.4. The van der Waals surface area contributed by atoms with Crippen molar-refractivity contribution in [2.24, 2.45) is 4.99 Å². The highest BCUT2D eigenvalue weighted by molar-refractivity contribution is 9.10. The average Bonchev–Trinajstić information content (AvgIpc) is 3.60. The first kappa shape index (κ1) is 26.4. The van der Waals surface area contributed by atoms with Crippen LogP contribution in [0.4, 0.5) is 5.69 Å². The predicted molar refractivity (Wildman–Crippen MR) is 164 cm³/mol. The summed E-state index contributed by atoms with van der Waals surface area (Å²) in [7, 11) is 1.45. The largest absolute Gasteiger partial charge is 0.496 e. The molecule has 3 aromatic carbocycles. The lowest BCUT2D eigenvalue weighted by atomic mass is 9.83. The molecule has 0 spiro atoms. The van der Waals surface area contributed by atoms with Crippen LogP contribution in [0.25, 0.3) is 23.1 Å². The van der Waals surface area contributed by atoms with E-state index in [0.29, 0.717) is 32.2 Å². The SMILES string of the molecule is COc1cc([N+](=O)[O-])ccc1-c1ccc(/C=c2\sc3n(c2=O)[C@@H](c2ccc(Br)cc2)C2=C(N=3)c3ccccc3CC2)o1. The zero-order chi connectivity index (χ0) is 29.0. The molecule has 1 atom stereocenters. The third-order valence-electron chi connectivity index (χ3n) is 7.62. The molecular formula is C32H22BrN3O5S. The molecule has 1 aliphatic heterocycles. The van der Waals surface area contributed by atoms with Gasteiger partial charge in [0.2, 0.25) is 0 Å². The zero-order valence-corrected chi connectivity index (χ0v) is 24.6. The molecule has 10 heteroatoms. The minimum Gasteiger partial charge on any atom is -0.496 e. The molecule has 3 heterocycles. The van der Waals surface area contributed by atoms with Gasteiger partial charge in [-0.15, -0.1) is 0 Å². The molecule has 7 rings (SSSR count). The van der Waals surface area contributed by atoms with Crippen LogP contribution in [-0.2, 0) is 6.42 Å². The Labute approximate surface area is 251 Å². The van der Waals surface area contributed by atoms with Gasteiger partial charge in [0.1, 0.15) is 17.3 Å². The Morgan fingerprint density at radius 2 is 1.88 bits per heavy atom. The minimum absolute atomic E-state index is 0.0749. The summed E-state index contributed by atoms with van der Waals surface area (Å²) in [5.74, 6) is 1.27. The van der Waals surface area contributed by atoms with E-state index in [4.69, 9.17) is 14.1 Å². The number of benzene rings is 3. The Bertz CT molecular complexity index is 2110. The normalized spacial score (nSPS) is 16.0. The molecule has 42 heavy (non-hydrogen) atoms. The zero-order valence-electron chi connectivity index (χ0n) is 22.2. The Kier molecular flexibility index (Phi) is 6.52. The smallest absolute Gasteiger partial charge is 0.273 e. The number of aromatic nitrogens is 1. The maximum atomic E-state index is 14.0. The molecule has 8 nitrogen and oxygen atoms in total. The highest BCUT2D eigenvalue weighted by Gasteiger charge is 2.32. The van der Waals surface area contributed by atoms with Crippen LogP contribution in [0.5, 0.6) is 5.75 Å². The number of nitro benzene ring substituents is 1. The molecule has 2 aliphatic rings. The molecule has 0 unspecified atom stereocenters. The van der Waals surface area contributed by atoms with Gasteiger partial charge >= 0.3 is 0 Å². The van der Waals surface area contributed by atoms with E-state index < -0.39 is 4.92 Å². The fraction of sp³-hybridized carbons (Fsp3) is 0.125. The van der Waals surface area contributed by atoms with Crippen LogP contribution in [0.15, 0.2) is 103 Å². The van der Waals surface area contributed by atoms with Crippen molar-refractivity contribution in [2.45, 2.75) is 18.9 Å². The summed E-state index contributed by atoms with van der Waals surface area (Å²) in [6.45, 7) is 0. The maximum Gasteiger partial charge on any atom is 0.273 e. The number of hydrogen-bond donors (Lipinski definition) is 0. The molecular weight excluding hydrogens is 618 g/mol. The number of non-ortho nitro benzene ring substituents is 1. The molecule has 0 saturated carbocycles. The van der Waals surface area contributed by atoms with E-state index in [1.165, 1.54) is 36.1 Å². The van der Waals surface area contributed by atoms with Crippen molar-refractivity contribution in [3.05, 3.63) is 141 Å². The standard InChI is InChI=1S/C32H22BrN3O5S/c1-40-27-16-21(36(38)39)11-14-24(27)26-15-12-22(41-26)17-28-31(37)35-30(19-6-9-20(33)10-7-19)25-13-8-18-4-2-3-5-23(18)29(25)34-32(35)42-28/h2-7,9-12,14-17,30H,8,13H2,1H3/b28-17-/t30-/m0/s1. The summed E-state index contributed by atoms with van der Waals surface area (Å²) in [6.07, 6.45) is 3.43. The Balaban J connectivity index is 1.36. The molecule has 208 valence electrons. The third-order valence-corrected chi connectivity index (χ3v) is 9.13. The number of methoxy groups -OCH3 is 1. The van der Waals surface area contributed by atoms with Gasteiger partial charge in [-0.25, -0.2) is 4.99 Å². The lowest BCUT2D eigenvalue weighted by Gasteiger charge is -2.30. The molecule has 0 radical (unpaired) electrons. The summed E-state index contributed by atoms with van der Waals surface area (Å²) in [5.41, 5.74) is 5.86. The van der Waals surface area contributed by atoms with Crippen molar-refractivity contribution in [2.75, 3.05) is 7.11 Å². The molecule has 0 bridgehead atoms. The molecule has 0 fully saturated rings. The van der Waals surface area contributed by atoms with Gasteiger partial charge in [-0.3, -0.25) is 19.5 Å². The van der Waals surface area contributed by atoms with Crippen LogP contribution in [0.1, 0.15) is 34.9 Å². The van der Waals surface area contributed by atoms with Gasteiger partial charge < -0.3 is 9.15 Å². The first-order chi connectivity index (χ1) is 20.4. The Hall–Kier alpha value is -4.54. The van der Waals surface area contributed by atoms with Crippen molar-refractivity contribution in [1.29, 1.82) is 0 Å². The van der Waals surface area contributed by atoms with Crippen molar-refractivity contribution in [1.82, 2.24) is 4.57 Å². The summed E-state index contributed by atoms with van der Waals surface area (Å²) >= 11 is 4.87. The number of fused-ring (bicyclic) bond motifs is 3. The van der Waals surface area contributed by atoms with E-state index in [1.54, 1.807) is 28.8 Å². The summed E-state index contributed by atoms with van der Waals surface area (Å²) < 4.78 is 14.7. The molecule has 0 N–H and O–H groups in total. The van der Waals surface area contributed by atoms with E-state index in [-0.39, 0.29) is 17.3 Å². The number of ether oxygens (including phenoxy) is 1. The number of rotatable bonds is 5. The first-order valence-electron chi connectivity index (χ1n) is 13.2. The number of furan rings is 1. The second-order valence-corrected chi connectivity index (χ2v) is 11.9. The maximum absolute atomic E-state index is 14.0. The van der Waals surface area contributed by atoms with E-state index in [9.17, 15) is 14.9 Å². The number of hydrogen-bond acceptors (Lipinski definition) is 7. The Morgan fingerprint density at radius 1 is 1.07 bits per heavy atom. The van der Waals surface area contributed by atoms with Crippen molar-refractivity contribution < 1.29 is 14.1 Å². The summed E-state index contributed by atoms with van der Waals surface area (Å²) in [5, 5.41) is 11.2. The number of halogens is 1. The third kappa shape index (κ3) is 4.43. The lowest BCUT2D eigenvalue weighted by molar-refractivity contribution is -0.384. The van der Waals surface area contributed by atoms with E-state index in [2.05, 4.69) is 46.3 Å². The van der Waals surface area contributed by atoms with Gasteiger partial charge in [0.25, 0.3) is 11.2 Å². The number of thiazole rings is 1. The van der Waals surface area contributed by atoms with Gasteiger partial charge in [0, 0.05) is 22.2 Å². The fourth-order valence-electron chi connectivity index (χ4n) is 5.67. The van der Waals surface area contributed by atoms with Crippen molar-refractivity contribution >= 4 is 44.7 Å². The monoisotopic (exact) mass is 639 g/mol. The first-order valence-corrected chi connectivity index (χ1v) is 14.8. The number of nitro groups is 1. The quantitative estimate of drug-likeness (QED) is 0.167. The van der Waals surface area contributed by atoms with Crippen LogP contribution >= 0.6 is 27.3 Å². The van der Waals surface area contributed by atoms with E-state index >= 15 is 0 Å². The van der Waals surface area contributed by atoms with Gasteiger partial charge in [0.15, 0.2) is 4.80 Å². The Morgan fingerprint density at radius 3 is 2.67 bits per heavy atom. The number of aryl methyl sites for hydroxylation is 1. The number of nitrogens with zero attached hydrogens (tertiary/aromatic N) is 3. The van der Waals surface area contributed by atoms with Crippen LogP contribution in [0, 0.1) is 10.1 Å². The minimum atomic E-state index is -0.475. The van der Waals surface area contributed by atoms with Crippen LogP contribution in [0.2, 0.25) is 0 Å². The average molecular weight is 641 g/mol. The van der Waals surface area contributed by atoms with E-state index in [0.717, 1.165) is 39.7 Å². The highest BCUT2D eigenvalue weighted by Crippen LogP contribution is 2.41. The molecule has 2 aromatic heterocycles. The highest BCUT2D eigenvalue weighted by atomic mass is 79.9. The van der Waals surface area contributed by atoms with Crippen LogP contribution in [-0.4, -0.2) is 16.6 Å². The molecule has 5 aromatic rings. The van der Waals surface area contributed by atoms with Crippen molar-refractivity contribution in [3.63, 3.8) is 0 Å². The van der Waals surface area contributed by atoms with Crippen LogP contribution < -0.4 is 19.6 Å². The topological polar surface area (TPSA) is 99.9 Å². The van der Waals surface area contributed by atoms with Gasteiger partial charge in [-0.1, -0.05) is 63.7 Å². The van der Waals surface area contributed by atoms with Crippen LogP contribution in [0.3, 0.4) is 0 Å². The van der Waals surface area contributed by atoms with Gasteiger partial charge in [-0.2, -0.15) is 0 Å². The summed E-state index contributed by atoms with van der Waals surface area (Å²) in [6, 6.07) is 24.1. The van der Waals surface area contributed by atoms with Gasteiger partial charge in [-0.05, 0) is 59.9 Å². The number of allylic oxidation sites excluding steroid dienone is 1. The van der Waals surface area contributed by atoms with Gasteiger partial charge in [0.05, 0.1) is 39.9 Å². The second kappa shape index (κ2) is 10.4. The predicted octanol–water partition coefficient (Wildman–Crippen LogP) is 6.26. The van der Waals surface area contributed by atoms with Crippen molar-refractivity contribution in [3.8, 4) is 17.1 Å². The lowest BCUT2D eigenvalue weighted by Crippen LogP contribution is -2.38. The molecule has 1 aliphatic carbocycles. The molecule has 0 saturated heterocycles. The fourth-order valence-corrected chi connectivity index (χ4v) is 6.91. The van der Waals surface area contributed by atoms with E-state index in [1.807, 2.05) is 18.2 Å². The molecule has 0 amide bonds. The second-order valence-electron chi connectivity index (χ2n) is 10.0.